The highest BCUT2D eigenvalue weighted by Gasteiger charge is 2.15. The maximum atomic E-state index is 12.2. The topological polar surface area (TPSA) is 88.0 Å². The van der Waals surface area contributed by atoms with Gasteiger partial charge >= 0.3 is 0 Å². The van der Waals surface area contributed by atoms with E-state index in [1.54, 1.807) is 6.92 Å². The van der Waals surface area contributed by atoms with Crippen LogP contribution in [0.15, 0.2) is 24.4 Å². The lowest BCUT2D eigenvalue weighted by Gasteiger charge is -2.04. The molecule has 1 amide bonds. The SMILES string of the molecule is Cc1n[nH]c(C)c1C(=O)NCc1nnc2ccccn12. The van der Waals surface area contributed by atoms with Gasteiger partial charge in [-0.05, 0) is 26.0 Å². The number of fused-ring (bicyclic) bond motifs is 1. The molecule has 7 heteroatoms. The Bertz CT molecular complexity index is 753. The third-order valence-corrected chi connectivity index (χ3v) is 3.15. The molecule has 0 aliphatic carbocycles. The number of H-pyrrole nitrogens is 1. The molecule has 0 aromatic carbocycles. The summed E-state index contributed by atoms with van der Waals surface area (Å²) in [6, 6.07) is 5.65. The maximum Gasteiger partial charge on any atom is 0.255 e. The van der Waals surface area contributed by atoms with E-state index in [2.05, 4.69) is 25.7 Å². The predicted octanol–water partition coefficient (Wildman–Crippen LogP) is 0.999. The first-order valence-corrected chi connectivity index (χ1v) is 6.25. The van der Waals surface area contributed by atoms with Crippen molar-refractivity contribution >= 4 is 11.6 Å². The van der Waals surface area contributed by atoms with Crippen LogP contribution in [-0.2, 0) is 6.54 Å². The number of carbonyl (C=O) groups excluding carboxylic acids is 1. The largest absolute Gasteiger partial charge is 0.345 e. The third-order valence-electron chi connectivity index (χ3n) is 3.15. The average molecular weight is 270 g/mol. The minimum Gasteiger partial charge on any atom is -0.345 e. The van der Waals surface area contributed by atoms with Gasteiger partial charge in [0.05, 0.1) is 17.8 Å². The lowest BCUT2D eigenvalue weighted by molar-refractivity contribution is 0.0948. The zero-order valence-corrected chi connectivity index (χ0v) is 11.2. The molecule has 0 aliphatic rings. The van der Waals surface area contributed by atoms with E-state index in [1.807, 2.05) is 35.7 Å². The molecule has 0 fully saturated rings. The first-order chi connectivity index (χ1) is 9.66. The molecule has 0 bridgehead atoms. The van der Waals surface area contributed by atoms with Crippen LogP contribution in [0.3, 0.4) is 0 Å². The van der Waals surface area contributed by atoms with Crippen LogP contribution in [0, 0.1) is 13.8 Å². The molecular weight excluding hydrogens is 256 g/mol. The Morgan fingerprint density at radius 1 is 1.35 bits per heavy atom. The number of amides is 1. The third kappa shape index (κ3) is 2.03. The summed E-state index contributed by atoms with van der Waals surface area (Å²) in [5.41, 5.74) is 2.78. The van der Waals surface area contributed by atoms with Crippen molar-refractivity contribution < 1.29 is 4.79 Å². The number of rotatable bonds is 3. The number of aromatic nitrogens is 5. The Labute approximate surface area is 115 Å². The first-order valence-electron chi connectivity index (χ1n) is 6.25. The Kier molecular flexibility index (Phi) is 2.94. The highest BCUT2D eigenvalue weighted by molar-refractivity contribution is 5.96. The number of aromatic amines is 1. The molecule has 0 atom stereocenters. The Morgan fingerprint density at radius 3 is 2.95 bits per heavy atom. The lowest BCUT2D eigenvalue weighted by atomic mass is 10.2. The molecular formula is C13H14N6O. The van der Waals surface area contributed by atoms with Crippen LogP contribution in [0.2, 0.25) is 0 Å². The zero-order chi connectivity index (χ0) is 14.1. The second-order valence-corrected chi connectivity index (χ2v) is 4.54. The van der Waals surface area contributed by atoms with Crippen molar-refractivity contribution in [1.29, 1.82) is 0 Å². The van der Waals surface area contributed by atoms with E-state index < -0.39 is 0 Å². The molecule has 0 unspecified atom stereocenters. The number of hydrogen-bond donors (Lipinski definition) is 2. The van der Waals surface area contributed by atoms with E-state index >= 15 is 0 Å². The van der Waals surface area contributed by atoms with Gasteiger partial charge in [0.15, 0.2) is 11.5 Å². The highest BCUT2D eigenvalue weighted by atomic mass is 16.1. The van der Waals surface area contributed by atoms with Gasteiger partial charge in [-0.15, -0.1) is 10.2 Å². The second kappa shape index (κ2) is 4.76. The monoisotopic (exact) mass is 270 g/mol. The van der Waals surface area contributed by atoms with Gasteiger partial charge in [0, 0.05) is 11.9 Å². The highest BCUT2D eigenvalue weighted by Crippen LogP contribution is 2.09. The Hall–Kier alpha value is -2.70. The van der Waals surface area contributed by atoms with Crippen molar-refractivity contribution in [3.8, 4) is 0 Å². The predicted molar refractivity (Wildman–Crippen MR) is 72.2 cm³/mol. The summed E-state index contributed by atoms with van der Waals surface area (Å²) in [6.45, 7) is 3.93. The summed E-state index contributed by atoms with van der Waals surface area (Å²) in [5, 5.41) is 17.8. The number of aryl methyl sites for hydroxylation is 2. The minimum atomic E-state index is -0.165. The molecule has 3 heterocycles. The van der Waals surface area contributed by atoms with Crippen molar-refractivity contribution in [3.63, 3.8) is 0 Å². The van der Waals surface area contributed by atoms with E-state index in [4.69, 9.17) is 0 Å². The van der Waals surface area contributed by atoms with Crippen LogP contribution in [0.25, 0.3) is 5.65 Å². The quantitative estimate of drug-likeness (QED) is 0.743. The molecule has 0 saturated heterocycles. The van der Waals surface area contributed by atoms with Gasteiger partial charge in [0.1, 0.15) is 0 Å². The summed E-state index contributed by atoms with van der Waals surface area (Å²) in [5.74, 6) is 0.522. The fourth-order valence-electron chi connectivity index (χ4n) is 2.14. The lowest BCUT2D eigenvalue weighted by Crippen LogP contribution is -2.25. The number of hydrogen-bond acceptors (Lipinski definition) is 4. The second-order valence-electron chi connectivity index (χ2n) is 4.54. The fourth-order valence-corrected chi connectivity index (χ4v) is 2.14. The van der Waals surface area contributed by atoms with Crippen molar-refractivity contribution in [1.82, 2.24) is 30.1 Å². The van der Waals surface area contributed by atoms with Crippen molar-refractivity contribution in [2.75, 3.05) is 0 Å². The van der Waals surface area contributed by atoms with E-state index in [-0.39, 0.29) is 5.91 Å². The Morgan fingerprint density at radius 2 is 2.20 bits per heavy atom. The van der Waals surface area contributed by atoms with Gasteiger partial charge in [0.25, 0.3) is 5.91 Å². The molecule has 2 N–H and O–H groups in total. The standard InChI is InChI=1S/C13H14N6O/c1-8-12(9(2)16-15-8)13(20)14-7-11-18-17-10-5-3-4-6-19(10)11/h3-6H,7H2,1-2H3,(H,14,20)(H,15,16). The van der Waals surface area contributed by atoms with Gasteiger partial charge in [-0.3, -0.25) is 14.3 Å². The molecule has 3 aromatic heterocycles. The normalized spacial score (nSPS) is 10.9. The summed E-state index contributed by atoms with van der Waals surface area (Å²) in [6.07, 6.45) is 1.87. The van der Waals surface area contributed by atoms with Gasteiger partial charge < -0.3 is 5.32 Å². The molecule has 0 aliphatic heterocycles. The molecule has 0 saturated carbocycles. The van der Waals surface area contributed by atoms with E-state index in [9.17, 15) is 4.79 Å². The first kappa shape index (κ1) is 12.3. The van der Waals surface area contributed by atoms with Crippen LogP contribution in [0.5, 0.6) is 0 Å². The Balaban J connectivity index is 1.78. The minimum absolute atomic E-state index is 0.165. The molecule has 3 rings (SSSR count). The van der Waals surface area contributed by atoms with Gasteiger partial charge in [-0.25, -0.2) is 0 Å². The van der Waals surface area contributed by atoms with Crippen molar-refractivity contribution in [3.05, 3.63) is 47.2 Å². The van der Waals surface area contributed by atoms with Gasteiger partial charge in [0.2, 0.25) is 0 Å². The van der Waals surface area contributed by atoms with E-state index in [1.165, 1.54) is 0 Å². The van der Waals surface area contributed by atoms with Gasteiger partial charge in [-0.1, -0.05) is 6.07 Å². The number of pyridine rings is 1. The molecule has 20 heavy (non-hydrogen) atoms. The molecule has 0 radical (unpaired) electrons. The summed E-state index contributed by atoms with van der Waals surface area (Å²) >= 11 is 0. The van der Waals surface area contributed by atoms with Crippen LogP contribution in [0.1, 0.15) is 27.6 Å². The van der Waals surface area contributed by atoms with Crippen molar-refractivity contribution in [2.45, 2.75) is 20.4 Å². The number of carbonyl (C=O) groups is 1. The smallest absolute Gasteiger partial charge is 0.255 e. The summed E-state index contributed by atoms with van der Waals surface area (Å²) < 4.78 is 1.84. The maximum absolute atomic E-state index is 12.2. The van der Waals surface area contributed by atoms with E-state index in [0.717, 1.165) is 11.3 Å². The van der Waals surface area contributed by atoms with Crippen LogP contribution < -0.4 is 5.32 Å². The molecule has 102 valence electrons. The number of nitrogens with one attached hydrogen (secondary N) is 2. The molecule has 3 aromatic rings. The average Bonchev–Trinajstić information content (AvgIpc) is 3.00. The summed E-state index contributed by atoms with van der Waals surface area (Å²) in [4.78, 5) is 12.2. The zero-order valence-electron chi connectivity index (χ0n) is 11.2. The number of nitrogens with zero attached hydrogens (tertiary/aromatic N) is 4. The van der Waals surface area contributed by atoms with Crippen LogP contribution in [0.4, 0.5) is 0 Å². The van der Waals surface area contributed by atoms with Crippen LogP contribution >= 0.6 is 0 Å². The molecule has 0 spiro atoms. The molecule has 7 nitrogen and oxygen atoms in total. The van der Waals surface area contributed by atoms with E-state index in [0.29, 0.717) is 23.6 Å². The van der Waals surface area contributed by atoms with Gasteiger partial charge in [-0.2, -0.15) is 5.10 Å². The fraction of sp³-hybridized carbons (Fsp3) is 0.231. The van der Waals surface area contributed by atoms with Crippen LogP contribution in [-0.4, -0.2) is 30.7 Å². The summed E-state index contributed by atoms with van der Waals surface area (Å²) in [7, 11) is 0. The van der Waals surface area contributed by atoms with Crippen molar-refractivity contribution in [2.24, 2.45) is 0 Å².